The number of amides is 2. The predicted octanol–water partition coefficient (Wildman–Crippen LogP) is 3.35. The van der Waals surface area contributed by atoms with Crippen LogP contribution in [0.1, 0.15) is 44.9 Å². The molecule has 2 unspecified atom stereocenters. The van der Waals surface area contributed by atoms with Crippen LogP contribution in [0.5, 0.6) is 0 Å². The molecule has 236 valence electrons. The SMILES string of the molecule is O=C(Cn1cc(Nc2nc3c(N4CC5CCC(C4)N5C(=O)CCC(F)(F)I)cccn3n2)cn1)N1CCN(C2CCC2)CC1. The number of nitrogens with zero attached hydrogens (tertiary/aromatic N) is 9. The average Bonchev–Trinajstić information content (AvgIpc) is 3.66. The number of rotatable bonds is 9. The van der Waals surface area contributed by atoms with Crippen molar-refractivity contribution in [1.29, 1.82) is 0 Å². The molecule has 7 rings (SSSR count). The third kappa shape index (κ3) is 6.21. The Bertz CT molecular complexity index is 1500. The molecule has 0 radical (unpaired) electrons. The maximum atomic E-state index is 13.4. The van der Waals surface area contributed by atoms with E-state index in [0.29, 0.717) is 36.4 Å². The summed E-state index contributed by atoms with van der Waals surface area (Å²) in [6, 6.07) is 4.60. The number of carbonyl (C=O) groups is 2. The van der Waals surface area contributed by atoms with Crippen LogP contribution in [0.25, 0.3) is 5.65 Å². The standard InChI is InChI=1S/C29H37F2IN10O2/c30-29(31,32)9-8-25(43)42-22-6-7-23(42)18-39(17-22)24-5-2-10-41-27(24)35-28(36-41)34-20-15-33-40(16-20)19-26(44)38-13-11-37(12-14-38)21-3-1-4-21/h2,5,10,15-16,21-23H,1,3-4,6-9,11-14,17-19H2,(H,34,36). The molecule has 1 aliphatic carbocycles. The van der Waals surface area contributed by atoms with E-state index in [9.17, 15) is 18.4 Å². The van der Waals surface area contributed by atoms with Crippen molar-refractivity contribution in [3.05, 3.63) is 30.7 Å². The summed E-state index contributed by atoms with van der Waals surface area (Å²) in [4.78, 5) is 39.0. The van der Waals surface area contributed by atoms with Gasteiger partial charge in [0.25, 0.3) is 3.93 Å². The van der Waals surface area contributed by atoms with E-state index in [-0.39, 0.29) is 36.9 Å². The Balaban J connectivity index is 0.971. The van der Waals surface area contributed by atoms with E-state index in [1.807, 2.05) is 28.1 Å². The lowest BCUT2D eigenvalue weighted by molar-refractivity contribution is -0.135. The molecule has 0 aromatic carbocycles. The highest BCUT2D eigenvalue weighted by Gasteiger charge is 2.43. The molecule has 1 N–H and O–H groups in total. The van der Waals surface area contributed by atoms with Crippen LogP contribution in [0.3, 0.4) is 0 Å². The first-order chi connectivity index (χ1) is 21.2. The summed E-state index contributed by atoms with van der Waals surface area (Å²) < 4.78 is 27.2. The Morgan fingerprint density at radius 3 is 2.45 bits per heavy atom. The largest absolute Gasteiger partial charge is 0.364 e. The van der Waals surface area contributed by atoms with Gasteiger partial charge >= 0.3 is 0 Å². The summed E-state index contributed by atoms with van der Waals surface area (Å²) in [6.07, 6.45) is 10.3. The van der Waals surface area contributed by atoms with Crippen molar-refractivity contribution in [2.45, 2.75) is 73.5 Å². The van der Waals surface area contributed by atoms with Gasteiger partial charge in [0.2, 0.25) is 17.8 Å². The number of nitrogens with one attached hydrogen (secondary N) is 1. The highest BCUT2D eigenvalue weighted by molar-refractivity contribution is 14.1. The Kier molecular flexibility index (Phi) is 8.09. The van der Waals surface area contributed by atoms with E-state index >= 15 is 0 Å². The smallest absolute Gasteiger partial charge is 0.297 e. The Labute approximate surface area is 267 Å². The lowest BCUT2D eigenvalue weighted by Gasteiger charge is -2.42. The average molecular weight is 723 g/mol. The monoisotopic (exact) mass is 722 g/mol. The van der Waals surface area contributed by atoms with Crippen LogP contribution >= 0.6 is 22.6 Å². The third-order valence-corrected chi connectivity index (χ3v) is 10.1. The molecule has 3 aliphatic heterocycles. The number of halogens is 3. The fraction of sp³-hybridized carbons (Fsp3) is 0.621. The number of fused-ring (bicyclic) bond motifs is 3. The molecule has 1 saturated carbocycles. The fourth-order valence-electron chi connectivity index (χ4n) is 7.05. The van der Waals surface area contributed by atoms with Crippen molar-refractivity contribution in [2.75, 3.05) is 49.5 Å². The minimum absolute atomic E-state index is 0.00923. The molecular formula is C29H37F2IN10O2. The van der Waals surface area contributed by atoms with Gasteiger partial charge in [0, 0.05) is 82.6 Å². The highest BCUT2D eigenvalue weighted by atomic mass is 127. The number of hydrogen-bond acceptors (Lipinski definition) is 8. The summed E-state index contributed by atoms with van der Waals surface area (Å²) in [5.74, 6) is 0.295. The van der Waals surface area contributed by atoms with Gasteiger partial charge in [-0.2, -0.15) is 18.9 Å². The van der Waals surface area contributed by atoms with Gasteiger partial charge in [0.05, 0.1) is 17.6 Å². The molecule has 4 aliphatic rings. The van der Waals surface area contributed by atoms with Gasteiger partial charge < -0.3 is 20.0 Å². The molecule has 12 nitrogen and oxygen atoms in total. The van der Waals surface area contributed by atoms with Gasteiger partial charge in [-0.3, -0.25) is 19.2 Å². The number of pyridine rings is 1. The zero-order valence-corrected chi connectivity index (χ0v) is 26.7. The van der Waals surface area contributed by atoms with Crippen LogP contribution in [0.2, 0.25) is 0 Å². The van der Waals surface area contributed by atoms with E-state index in [1.54, 1.807) is 21.6 Å². The second-order valence-electron chi connectivity index (χ2n) is 12.4. The summed E-state index contributed by atoms with van der Waals surface area (Å²) in [6.45, 7) is 4.84. The number of hydrogen-bond donors (Lipinski definition) is 1. The van der Waals surface area contributed by atoms with Gasteiger partial charge in [-0.25, -0.2) is 4.52 Å². The van der Waals surface area contributed by atoms with Crippen LogP contribution in [0.4, 0.5) is 26.1 Å². The van der Waals surface area contributed by atoms with E-state index in [2.05, 4.69) is 25.3 Å². The summed E-state index contributed by atoms with van der Waals surface area (Å²) in [7, 11) is 0. The topological polar surface area (TPSA) is 107 Å². The number of anilines is 3. The van der Waals surface area contributed by atoms with Crippen molar-refractivity contribution >= 4 is 57.4 Å². The van der Waals surface area contributed by atoms with Crippen molar-refractivity contribution in [3.8, 4) is 0 Å². The molecule has 15 heteroatoms. The highest BCUT2D eigenvalue weighted by Crippen LogP contribution is 2.36. The molecule has 6 heterocycles. The number of carbonyl (C=O) groups excluding carboxylic acids is 2. The van der Waals surface area contributed by atoms with Crippen molar-refractivity contribution in [2.24, 2.45) is 0 Å². The number of alkyl halides is 3. The van der Waals surface area contributed by atoms with E-state index < -0.39 is 10.4 Å². The molecule has 2 atom stereocenters. The zero-order chi connectivity index (χ0) is 30.4. The Morgan fingerprint density at radius 1 is 1.02 bits per heavy atom. The lowest BCUT2D eigenvalue weighted by Crippen LogP contribution is -2.56. The quantitative estimate of drug-likeness (QED) is 0.265. The minimum Gasteiger partial charge on any atom is -0.364 e. The van der Waals surface area contributed by atoms with Crippen molar-refractivity contribution in [3.63, 3.8) is 0 Å². The van der Waals surface area contributed by atoms with Gasteiger partial charge in [-0.1, -0.05) is 6.42 Å². The Morgan fingerprint density at radius 2 is 1.77 bits per heavy atom. The maximum Gasteiger partial charge on any atom is 0.297 e. The van der Waals surface area contributed by atoms with E-state index in [1.165, 1.54) is 19.3 Å². The van der Waals surface area contributed by atoms with Crippen LogP contribution in [0, 0.1) is 0 Å². The van der Waals surface area contributed by atoms with Crippen LogP contribution in [-0.4, -0.2) is 112 Å². The minimum atomic E-state index is -2.87. The molecule has 44 heavy (non-hydrogen) atoms. The Hall–Kier alpha value is -3.08. The second-order valence-corrected chi connectivity index (χ2v) is 13.9. The maximum absolute atomic E-state index is 13.4. The first kappa shape index (κ1) is 29.6. The van der Waals surface area contributed by atoms with Gasteiger partial charge in [-0.15, -0.1) is 5.10 Å². The summed E-state index contributed by atoms with van der Waals surface area (Å²) in [5.41, 5.74) is 2.28. The fourth-order valence-corrected chi connectivity index (χ4v) is 7.32. The van der Waals surface area contributed by atoms with E-state index in [4.69, 9.17) is 4.98 Å². The molecule has 2 bridgehead atoms. The van der Waals surface area contributed by atoms with Crippen molar-refractivity contribution in [1.82, 2.24) is 39.1 Å². The van der Waals surface area contributed by atoms with Crippen molar-refractivity contribution < 1.29 is 18.4 Å². The molecule has 0 spiro atoms. The first-order valence-electron chi connectivity index (χ1n) is 15.5. The molecule has 4 fully saturated rings. The third-order valence-electron chi connectivity index (χ3n) is 9.52. The molecule has 2 amide bonds. The zero-order valence-electron chi connectivity index (χ0n) is 24.5. The predicted molar refractivity (Wildman–Crippen MR) is 168 cm³/mol. The molecule has 3 aromatic heterocycles. The van der Waals surface area contributed by atoms with Crippen LogP contribution in [-0.2, 0) is 16.1 Å². The molecular weight excluding hydrogens is 685 g/mol. The van der Waals surface area contributed by atoms with Gasteiger partial charge in [0.1, 0.15) is 6.54 Å². The summed E-state index contributed by atoms with van der Waals surface area (Å²) in [5, 5.41) is 12.2. The van der Waals surface area contributed by atoms with Gasteiger partial charge in [0.15, 0.2) is 5.65 Å². The van der Waals surface area contributed by atoms with E-state index in [0.717, 1.165) is 67.3 Å². The van der Waals surface area contributed by atoms with Gasteiger partial charge in [-0.05, 0) is 60.4 Å². The normalized spacial score (nSPS) is 22.9. The lowest BCUT2D eigenvalue weighted by atomic mass is 9.91. The molecule has 3 aromatic rings. The van der Waals surface area contributed by atoms with Crippen LogP contribution < -0.4 is 10.2 Å². The first-order valence-corrected chi connectivity index (χ1v) is 16.6. The van der Waals surface area contributed by atoms with Crippen LogP contribution in [0.15, 0.2) is 30.7 Å². The summed E-state index contributed by atoms with van der Waals surface area (Å²) >= 11 is 1.10. The molecule has 3 saturated heterocycles. The number of piperazine rings is 2. The second kappa shape index (κ2) is 12.0. The number of aromatic nitrogens is 5.